The molecule has 2 heterocycles. The van der Waals surface area contributed by atoms with Crippen molar-refractivity contribution in [2.24, 2.45) is 11.8 Å². The summed E-state index contributed by atoms with van der Waals surface area (Å²) in [6.07, 6.45) is 8.78. The van der Waals surface area contributed by atoms with Gasteiger partial charge in [0.25, 0.3) is 0 Å². The van der Waals surface area contributed by atoms with Gasteiger partial charge >= 0.3 is 0 Å². The molecule has 5 atom stereocenters. The fourth-order valence-corrected chi connectivity index (χ4v) is 3.16. The lowest BCUT2D eigenvalue weighted by molar-refractivity contribution is 0.473. The lowest BCUT2D eigenvalue weighted by Crippen LogP contribution is -2.03. The number of allylic oxidation sites excluding steroid dienone is 2. The average molecular weight is 163 g/mol. The van der Waals surface area contributed by atoms with E-state index in [1.807, 2.05) is 0 Å². The van der Waals surface area contributed by atoms with Crippen molar-refractivity contribution in [2.75, 3.05) is 6.54 Å². The standard InChI is InChI=1S/C11H17N/c1-2-3-4-5-9-10-6-8-7-12(8)11(9)10/h2-3,8-11H,4-7H2,1H3/b3-2-. The third-order valence-corrected chi connectivity index (χ3v) is 3.87. The molecule has 0 N–H and O–H groups in total. The topological polar surface area (TPSA) is 3.01 Å². The predicted molar refractivity (Wildman–Crippen MR) is 49.9 cm³/mol. The highest BCUT2D eigenvalue weighted by atomic mass is 15.4. The Labute approximate surface area is 74.4 Å². The van der Waals surface area contributed by atoms with E-state index in [9.17, 15) is 0 Å². The van der Waals surface area contributed by atoms with Gasteiger partial charge < -0.3 is 0 Å². The van der Waals surface area contributed by atoms with Crippen LogP contribution in [-0.4, -0.2) is 23.5 Å². The van der Waals surface area contributed by atoms with Crippen LogP contribution < -0.4 is 0 Å². The summed E-state index contributed by atoms with van der Waals surface area (Å²) < 4.78 is 0. The summed E-state index contributed by atoms with van der Waals surface area (Å²) in [6, 6.07) is 2.08. The van der Waals surface area contributed by atoms with Crippen LogP contribution in [0.4, 0.5) is 0 Å². The highest BCUT2D eigenvalue weighted by molar-refractivity contribution is 5.19. The molecule has 2 saturated heterocycles. The molecule has 3 aliphatic rings. The molecule has 0 aromatic heterocycles. The van der Waals surface area contributed by atoms with E-state index < -0.39 is 0 Å². The number of hydrogen-bond acceptors (Lipinski definition) is 1. The summed E-state index contributed by atoms with van der Waals surface area (Å²) in [5, 5.41) is 0. The van der Waals surface area contributed by atoms with Gasteiger partial charge in [0.2, 0.25) is 0 Å². The highest BCUT2D eigenvalue weighted by Crippen LogP contribution is 2.60. The molecule has 3 fully saturated rings. The highest BCUT2D eigenvalue weighted by Gasteiger charge is 2.65. The molecular formula is C11H17N. The zero-order chi connectivity index (χ0) is 8.13. The number of rotatable bonds is 3. The summed E-state index contributed by atoms with van der Waals surface area (Å²) in [6.45, 7) is 3.55. The Bertz CT molecular complexity index is 221. The van der Waals surface area contributed by atoms with Gasteiger partial charge in [-0.25, -0.2) is 0 Å². The Morgan fingerprint density at radius 2 is 2.42 bits per heavy atom. The van der Waals surface area contributed by atoms with E-state index in [4.69, 9.17) is 0 Å². The predicted octanol–water partition coefficient (Wildman–Crippen LogP) is 2.05. The first-order valence-electron chi connectivity index (χ1n) is 5.28. The van der Waals surface area contributed by atoms with Crippen LogP contribution in [-0.2, 0) is 0 Å². The minimum Gasteiger partial charge on any atom is -0.294 e. The molecule has 1 saturated carbocycles. The van der Waals surface area contributed by atoms with Gasteiger partial charge in [0.05, 0.1) is 0 Å². The van der Waals surface area contributed by atoms with E-state index in [-0.39, 0.29) is 0 Å². The number of piperidine rings is 2. The molecule has 0 bridgehead atoms. The molecule has 0 aromatic rings. The maximum atomic E-state index is 2.71. The van der Waals surface area contributed by atoms with Crippen LogP contribution in [0.5, 0.6) is 0 Å². The van der Waals surface area contributed by atoms with Crippen molar-refractivity contribution in [3.63, 3.8) is 0 Å². The molecule has 1 aliphatic carbocycles. The van der Waals surface area contributed by atoms with Crippen molar-refractivity contribution in [2.45, 2.75) is 38.3 Å². The summed E-state index contributed by atoms with van der Waals surface area (Å²) in [4.78, 5) is 2.71. The van der Waals surface area contributed by atoms with E-state index in [1.54, 1.807) is 0 Å². The Morgan fingerprint density at radius 3 is 3.08 bits per heavy atom. The van der Waals surface area contributed by atoms with Crippen LogP contribution in [0.2, 0.25) is 0 Å². The summed E-state index contributed by atoms with van der Waals surface area (Å²) in [7, 11) is 0. The first kappa shape index (κ1) is 7.14. The Balaban J connectivity index is 1.49. The molecule has 3 rings (SSSR count). The second kappa shape index (κ2) is 2.35. The van der Waals surface area contributed by atoms with Gasteiger partial charge in [0, 0.05) is 18.6 Å². The smallest absolute Gasteiger partial charge is 0.0230 e. The van der Waals surface area contributed by atoms with Crippen molar-refractivity contribution in [1.29, 1.82) is 0 Å². The maximum Gasteiger partial charge on any atom is 0.0230 e. The minimum atomic E-state index is 1.04. The van der Waals surface area contributed by atoms with Crippen molar-refractivity contribution in [1.82, 2.24) is 4.90 Å². The normalized spacial score (nSPS) is 53.9. The molecular weight excluding hydrogens is 146 g/mol. The molecule has 66 valence electrons. The zero-order valence-corrected chi connectivity index (χ0v) is 7.74. The molecule has 0 aromatic carbocycles. The SMILES string of the molecule is C/C=C\CCC1C2CC3CN3C12. The van der Waals surface area contributed by atoms with Crippen molar-refractivity contribution in [3.05, 3.63) is 12.2 Å². The van der Waals surface area contributed by atoms with E-state index in [2.05, 4.69) is 24.0 Å². The Morgan fingerprint density at radius 1 is 1.50 bits per heavy atom. The number of nitrogens with zero attached hydrogens (tertiary/aromatic N) is 1. The third-order valence-electron chi connectivity index (χ3n) is 3.87. The summed E-state index contributed by atoms with van der Waals surface area (Å²) in [5.74, 6) is 2.20. The van der Waals surface area contributed by atoms with E-state index in [0.29, 0.717) is 0 Å². The van der Waals surface area contributed by atoms with E-state index in [0.717, 1.165) is 23.9 Å². The van der Waals surface area contributed by atoms with Gasteiger partial charge in [-0.2, -0.15) is 0 Å². The minimum absolute atomic E-state index is 1.04. The summed E-state index contributed by atoms with van der Waals surface area (Å²) >= 11 is 0. The van der Waals surface area contributed by atoms with Crippen LogP contribution in [0.3, 0.4) is 0 Å². The van der Waals surface area contributed by atoms with Crippen molar-refractivity contribution in [3.8, 4) is 0 Å². The van der Waals surface area contributed by atoms with Crippen LogP contribution in [0.1, 0.15) is 26.2 Å². The molecule has 1 heteroatoms. The van der Waals surface area contributed by atoms with Gasteiger partial charge in [-0.3, -0.25) is 4.90 Å². The monoisotopic (exact) mass is 163 g/mol. The molecule has 12 heavy (non-hydrogen) atoms. The Kier molecular flexibility index (Phi) is 1.40. The Hall–Kier alpha value is -0.300. The van der Waals surface area contributed by atoms with Crippen LogP contribution in [0.25, 0.3) is 0 Å². The van der Waals surface area contributed by atoms with Gasteiger partial charge in [0.1, 0.15) is 0 Å². The fraction of sp³-hybridized carbons (Fsp3) is 0.818. The number of hydrogen-bond donors (Lipinski definition) is 0. The largest absolute Gasteiger partial charge is 0.294 e. The van der Waals surface area contributed by atoms with Gasteiger partial charge in [-0.15, -0.1) is 0 Å². The van der Waals surface area contributed by atoms with Crippen LogP contribution >= 0.6 is 0 Å². The van der Waals surface area contributed by atoms with Crippen molar-refractivity contribution < 1.29 is 0 Å². The first-order chi connectivity index (χ1) is 5.92. The quantitative estimate of drug-likeness (QED) is 0.454. The zero-order valence-electron chi connectivity index (χ0n) is 7.74. The molecule has 5 unspecified atom stereocenters. The van der Waals surface area contributed by atoms with Crippen LogP contribution in [0.15, 0.2) is 12.2 Å². The lowest BCUT2D eigenvalue weighted by atomic mass is 10.1. The van der Waals surface area contributed by atoms with Gasteiger partial charge in [-0.1, -0.05) is 12.2 Å². The van der Waals surface area contributed by atoms with E-state index >= 15 is 0 Å². The second-order valence-corrected chi connectivity index (χ2v) is 4.55. The third kappa shape index (κ3) is 0.891. The number of fused-ring (bicyclic) bond motifs is 3. The van der Waals surface area contributed by atoms with Crippen molar-refractivity contribution >= 4 is 0 Å². The molecule has 0 radical (unpaired) electrons. The maximum absolute atomic E-state index is 2.71. The molecule has 1 nitrogen and oxygen atoms in total. The first-order valence-corrected chi connectivity index (χ1v) is 5.28. The lowest BCUT2D eigenvalue weighted by Gasteiger charge is -1.99. The average Bonchev–Trinajstić information content (AvgIpc) is 2.94. The fourth-order valence-electron chi connectivity index (χ4n) is 3.16. The second-order valence-electron chi connectivity index (χ2n) is 4.55. The van der Waals surface area contributed by atoms with Gasteiger partial charge in [-0.05, 0) is 38.0 Å². The van der Waals surface area contributed by atoms with Gasteiger partial charge in [0.15, 0.2) is 0 Å². The van der Waals surface area contributed by atoms with E-state index in [1.165, 1.54) is 25.8 Å². The summed E-state index contributed by atoms with van der Waals surface area (Å²) in [5.41, 5.74) is 0. The van der Waals surface area contributed by atoms with Crippen LogP contribution in [0, 0.1) is 11.8 Å². The molecule has 0 spiro atoms. The molecule has 0 amide bonds. The molecule has 2 aliphatic heterocycles.